The molecule has 3 aromatic rings. The second kappa shape index (κ2) is 9.75. The number of nitrogens with one attached hydrogen (secondary N) is 1. The van der Waals surface area contributed by atoms with Gasteiger partial charge in [-0.05, 0) is 29.5 Å². The third-order valence-corrected chi connectivity index (χ3v) is 6.05. The van der Waals surface area contributed by atoms with E-state index in [1.54, 1.807) is 0 Å². The van der Waals surface area contributed by atoms with Crippen LogP contribution in [0.15, 0.2) is 66.7 Å². The number of nitrogens with zero attached hydrogens (tertiary/aromatic N) is 2. The van der Waals surface area contributed by atoms with E-state index in [0.717, 1.165) is 53.8 Å². The fourth-order valence-corrected chi connectivity index (χ4v) is 4.11. The van der Waals surface area contributed by atoms with Crippen molar-refractivity contribution < 1.29 is 9.59 Å². The molecule has 0 aliphatic carbocycles. The Bertz CT molecular complexity index is 1070. The maximum Gasteiger partial charge on any atom is 0.227 e. The van der Waals surface area contributed by atoms with Crippen LogP contribution in [0.4, 0.5) is 5.69 Å². The third kappa shape index (κ3) is 5.30. The number of anilines is 1. The summed E-state index contributed by atoms with van der Waals surface area (Å²) in [4.78, 5) is 29.4. The smallest absolute Gasteiger partial charge is 0.227 e. The zero-order chi connectivity index (χ0) is 21.6. The predicted molar refractivity (Wildman–Crippen MR) is 125 cm³/mol. The molecule has 1 aliphatic rings. The molecule has 0 aromatic heterocycles. The van der Waals surface area contributed by atoms with Gasteiger partial charge in [0.25, 0.3) is 0 Å². The second-order valence-corrected chi connectivity index (χ2v) is 8.15. The lowest BCUT2D eigenvalue weighted by atomic mass is 10.1. The Morgan fingerprint density at radius 1 is 0.871 bits per heavy atom. The highest BCUT2D eigenvalue weighted by atomic mass is 16.2. The maximum absolute atomic E-state index is 12.6. The van der Waals surface area contributed by atoms with Crippen LogP contribution in [-0.2, 0) is 16.0 Å². The van der Waals surface area contributed by atoms with E-state index in [4.69, 9.17) is 0 Å². The van der Waals surface area contributed by atoms with Gasteiger partial charge in [0.1, 0.15) is 0 Å². The summed E-state index contributed by atoms with van der Waals surface area (Å²) in [5.41, 5.74) is 3.11. The first kappa shape index (κ1) is 21.1. The van der Waals surface area contributed by atoms with E-state index >= 15 is 0 Å². The van der Waals surface area contributed by atoms with Crippen LogP contribution in [0.5, 0.6) is 0 Å². The maximum atomic E-state index is 12.6. The highest BCUT2D eigenvalue weighted by Crippen LogP contribution is 2.23. The number of benzene rings is 3. The highest BCUT2D eigenvalue weighted by Gasteiger charge is 2.22. The van der Waals surface area contributed by atoms with Gasteiger partial charge in [-0.1, -0.05) is 60.7 Å². The highest BCUT2D eigenvalue weighted by molar-refractivity contribution is 6.02. The Morgan fingerprint density at radius 3 is 2.39 bits per heavy atom. The van der Waals surface area contributed by atoms with Gasteiger partial charge >= 0.3 is 0 Å². The average Bonchev–Trinajstić information content (AvgIpc) is 2.80. The largest absolute Gasteiger partial charge is 0.340 e. The summed E-state index contributed by atoms with van der Waals surface area (Å²) in [6.07, 6.45) is 0.903. The summed E-state index contributed by atoms with van der Waals surface area (Å²) in [6, 6.07) is 22.1. The zero-order valence-corrected chi connectivity index (χ0v) is 18.0. The molecule has 5 heteroatoms. The summed E-state index contributed by atoms with van der Waals surface area (Å²) < 4.78 is 0. The Morgan fingerprint density at radius 2 is 1.58 bits per heavy atom. The monoisotopic (exact) mass is 415 g/mol. The molecule has 1 heterocycles. The van der Waals surface area contributed by atoms with Crippen LogP contribution in [0.3, 0.4) is 0 Å². The lowest BCUT2D eigenvalue weighted by Gasteiger charge is -2.34. The van der Waals surface area contributed by atoms with Crippen LogP contribution in [0.25, 0.3) is 10.8 Å². The Hall–Kier alpha value is -3.18. The minimum absolute atomic E-state index is 0.0226. The lowest BCUT2D eigenvalue weighted by Crippen LogP contribution is -2.49. The lowest BCUT2D eigenvalue weighted by molar-refractivity contribution is -0.132. The molecule has 160 valence electrons. The van der Waals surface area contributed by atoms with Gasteiger partial charge in [0.05, 0.1) is 6.42 Å². The first-order valence-corrected chi connectivity index (χ1v) is 10.9. The van der Waals surface area contributed by atoms with E-state index in [1.165, 1.54) is 0 Å². The van der Waals surface area contributed by atoms with Crippen LogP contribution >= 0.6 is 0 Å². The van der Waals surface area contributed by atoms with Crippen LogP contribution < -0.4 is 5.32 Å². The number of aryl methyl sites for hydroxylation is 1. The van der Waals surface area contributed by atoms with Gasteiger partial charge in [-0.15, -0.1) is 0 Å². The number of fused-ring (bicyclic) bond motifs is 1. The molecule has 3 aromatic carbocycles. The normalized spacial score (nSPS) is 14.5. The molecule has 31 heavy (non-hydrogen) atoms. The van der Waals surface area contributed by atoms with Gasteiger partial charge in [-0.2, -0.15) is 0 Å². The molecule has 0 bridgehead atoms. The summed E-state index contributed by atoms with van der Waals surface area (Å²) in [5.74, 6) is 0.206. The van der Waals surface area contributed by atoms with Crippen LogP contribution in [0.2, 0.25) is 0 Å². The molecule has 0 radical (unpaired) electrons. The molecule has 0 spiro atoms. The molecule has 5 nitrogen and oxygen atoms in total. The molecule has 0 atom stereocenters. The van der Waals surface area contributed by atoms with E-state index in [0.29, 0.717) is 19.4 Å². The summed E-state index contributed by atoms with van der Waals surface area (Å²) in [5, 5.41) is 5.23. The summed E-state index contributed by atoms with van der Waals surface area (Å²) in [6.45, 7) is 5.80. The molecule has 0 unspecified atom stereocenters. The topological polar surface area (TPSA) is 52.7 Å². The van der Waals surface area contributed by atoms with Gasteiger partial charge in [-0.25, -0.2) is 0 Å². The standard InChI is InChI=1S/C26H29N3O2/c1-20-7-2-3-9-22(20)19-26(31)29-17-15-28(16-18-29)14-13-25(30)27-24-12-6-10-21-8-4-5-11-23(21)24/h2-12H,13-19H2,1H3,(H,27,30). The number of carbonyl (C=O) groups excluding carboxylic acids is 2. The number of hydrogen-bond acceptors (Lipinski definition) is 3. The predicted octanol–water partition coefficient (Wildman–Crippen LogP) is 3.86. The van der Waals surface area contributed by atoms with Crippen molar-refractivity contribution in [1.82, 2.24) is 9.80 Å². The molecular formula is C26H29N3O2. The van der Waals surface area contributed by atoms with Crippen molar-refractivity contribution in [2.75, 3.05) is 38.0 Å². The van der Waals surface area contributed by atoms with E-state index in [-0.39, 0.29) is 11.8 Å². The van der Waals surface area contributed by atoms with Gasteiger partial charge in [0.2, 0.25) is 11.8 Å². The molecule has 4 rings (SSSR count). The number of carbonyl (C=O) groups is 2. The molecule has 2 amide bonds. The Balaban J connectivity index is 1.23. The van der Waals surface area contributed by atoms with Gasteiger partial charge in [0, 0.05) is 50.2 Å². The van der Waals surface area contributed by atoms with Gasteiger partial charge < -0.3 is 10.2 Å². The molecule has 1 N–H and O–H groups in total. The fraction of sp³-hybridized carbons (Fsp3) is 0.308. The first-order valence-electron chi connectivity index (χ1n) is 10.9. The Labute approximate surface area is 183 Å². The minimum Gasteiger partial charge on any atom is -0.340 e. The van der Waals surface area contributed by atoms with E-state index < -0.39 is 0 Å². The van der Waals surface area contributed by atoms with Crippen LogP contribution in [0, 0.1) is 6.92 Å². The van der Waals surface area contributed by atoms with Crippen LogP contribution in [-0.4, -0.2) is 54.3 Å². The van der Waals surface area contributed by atoms with Crippen molar-refractivity contribution >= 4 is 28.3 Å². The average molecular weight is 416 g/mol. The van der Waals surface area contributed by atoms with Crippen molar-refractivity contribution in [3.05, 3.63) is 77.9 Å². The molecule has 1 aliphatic heterocycles. The van der Waals surface area contributed by atoms with E-state index in [1.807, 2.05) is 78.6 Å². The van der Waals surface area contributed by atoms with E-state index in [2.05, 4.69) is 10.2 Å². The van der Waals surface area contributed by atoms with Crippen molar-refractivity contribution in [2.24, 2.45) is 0 Å². The van der Waals surface area contributed by atoms with Crippen LogP contribution in [0.1, 0.15) is 17.5 Å². The zero-order valence-electron chi connectivity index (χ0n) is 18.0. The summed E-state index contributed by atoms with van der Waals surface area (Å²) in [7, 11) is 0. The van der Waals surface area contributed by atoms with Crippen molar-refractivity contribution in [3.63, 3.8) is 0 Å². The van der Waals surface area contributed by atoms with Crippen molar-refractivity contribution in [2.45, 2.75) is 19.8 Å². The van der Waals surface area contributed by atoms with Gasteiger partial charge in [0.15, 0.2) is 0 Å². The number of piperazine rings is 1. The summed E-state index contributed by atoms with van der Waals surface area (Å²) >= 11 is 0. The molecule has 0 saturated carbocycles. The number of amides is 2. The quantitative estimate of drug-likeness (QED) is 0.665. The number of hydrogen-bond donors (Lipinski definition) is 1. The molecule has 1 fully saturated rings. The number of rotatable bonds is 6. The second-order valence-electron chi connectivity index (χ2n) is 8.15. The van der Waals surface area contributed by atoms with Crippen molar-refractivity contribution in [3.8, 4) is 0 Å². The van der Waals surface area contributed by atoms with E-state index in [9.17, 15) is 9.59 Å². The molecule has 1 saturated heterocycles. The first-order chi connectivity index (χ1) is 15.1. The van der Waals surface area contributed by atoms with Crippen molar-refractivity contribution in [1.29, 1.82) is 0 Å². The third-order valence-electron chi connectivity index (χ3n) is 6.05. The Kier molecular flexibility index (Phi) is 6.63. The fourth-order valence-electron chi connectivity index (χ4n) is 4.11. The molecular weight excluding hydrogens is 386 g/mol. The SMILES string of the molecule is Cc1ccccc1CC(=O)N1CCN(CCC(=O)Nc2cccc3ccccc23)CC1. The van der Waals surface area contributed by atoms with Gasteiger partial charge in [-0.3, -0.25) is 14.5 Å². The minimum atomic E-state index is 0.0226.